The first kappa shape index (κ1) is 22.8. The van der Waals surface area contributed by atoms with Crippen molar-refractivity contribution in [3.63, 3.8) is 0 Å². The van der Waals surface area contributed by atoms with Crippen LogP contribution in [0.15, 0.2) is 42.5 Å². The molecule has 0 saturated heterocycles. The third-order valence-electron chi connectivity index (χ3n) is 6.02. The van der Waals surface area contributed by atoms with E-state index in [0.717, 1.165) is 43.9 Å². The van der Waals surface area contributed by atoms with Gasteiger partial charge in [0.25, 0.3) is 5.91 Å². The Morgan fingerprint density at radius 1 is 1.09 bits per heavy atom. The maximum absolute atomic E-state index is 12.6. The number of hydrogen-bond acceptors (Lipinski definition) is 4. The molecule has 2 aromatic carbocycles. The van der Waals surface area contributed by atoms with Crippen LogP contribution >= 0.6 is 0 Å². The van der Waals surface area contributed by atoms with Crippen LogP contribution in [-0.2, 0) is 17.7 Å². The number of nitrogens with zero attached hydrogens (tertiary/aromatic N) is 1. The van der Waals surface area contributed by atoms with Gasteiger partial charge in [-0.3, -0.25) is 9.69 Å². The smallest absolute Gasteiger partial charge is 0.251 e. The Morgan fingerprint density at radius 2 is 1.94 bits per heavy atom. The summed E-state index contributed by atoms with van der Waals surface area (Å²) in [5, 5.41) is 3.07. The van der Waals surface area contributed by atoms with E-state index in [-0.39, 0.29) is 5.91 Å². The van der Waals surface area contributed by atoms with Gasteiger partial charge in [0.15, 0.2) is 0 Å². The van der Waals surface area contributed by atoms with Gasteiger partial charge in [-0.05, 0) is 59.6 Å². The molecule has 32 heavy (non-hydrogen) atoms. The molecule has 0 atom stereocenters. The summed E-state index contributed by atoms with van der Waals surface area (Å²) in [7, 11) is 0. The van der Waals surface area contributed by atoms with Gasteiger partial charge in [-0.15, -0.1) is 0 Å². The van der Waals surface area contributed by atoms with Crippen molar-refractivity contribution in [2.24, 2.45) is 11.8 Å². The van der Waals surface area contributed by atoms with E-state index >= 15 is 0 Å². The number of hydrogen-bond donors (Lipinski definition) is 1. The Kier molecular flexibility index (Phi) is 7.82. The third-order valence-corrected chi connectivity index (χ3v) is 6.02. The van der Waals surface area contributed by atoms with Gasteiger partial charge in [0.05, 0.1) is 13.2 Å². The molecule has 172 valence electrons. The van der Waals surface area contributed by atoms with E-state index in [1.807, 2.05) is 18.2 Å². The molecule has 2 aromatic rings. The predicted molar refractivity (Wildman–Crippen MR) is 127 cm³/mol. The second-order valence-corrected chi connectivity index (χ2v) is 9.56. The van der Waals surface area contributed by atoms with E-state index < -0.39 is 0 Å². The van der Waals surface area contributed by atoms with Crippen molar-refractivity contribution in [3.8, 4) is 5.75 Å². The van der Waals surface area contributed by atoms with E-state index in [1.165, 1.54) is 24.0 Å². The van der Waals surface area contributed by atoms with Crippen molar-refractivity contribution < 1.29 is 14.3 Å². The molecular weight excluding hydrogens is 400 g/mol. The summed E-state index contributed by atoms with van der Waals surface area (Å²) in [6, 6.07) is 14.6. The fraction of sp³-hybridized carbons (Fsp3) is 0.519. The lowest BCUT2D eigenvalue weighted by atomic mass is 9.99. The van der Waals surface area contributed by atoms with Crippen molar-refractivity contribution in [1.82, 2.24) is 10.2 Å². The molecule has 1 amide bonds. The Labute approximate surface area is 192 Å². The normalized spacial score (nSPS) is 17.8. The largest absolute Gasteiger partial charge is 0.491 e. The van der Waals surface area contributed by atoms with Crippen molar-refractivity contribution >= 4 is 5.91 Å². The van der Waals surface area contributed by atoms with Crippen LogP contribution in [0.5, 0.6) is 5.75 Å². The quantitative estimate of drug-likeness (QED) is 0.760. The minimum Gasteiger partial charge on any atom is -0.491 e. The number of nitrogens with one attached hydrogen (secondary N) is 1. The second-order valence-electron chi connectivity index (χ2n) is 9.56. The van der Waals surface area contributed by atoms with Crippen molar-refractivity contribution in [2.75, 3.05) is 39.5 Å². The zero-order valence-corrected chi connectivity index (χ0v) is 19.4. The van der Waals surface area contributed by atoms with Gasteiger partial charge in [-0.1, -0.05) is 38.1 Å². The van der Waals surface area contributed by atoms with E-state index in [2.05, 4.69) is 48.3 Å². The average Bonchev–Trinajstić information content (AvgIpc) is 3.59. The molecule has 0 spiro atoms. The molecule has 1 heterocycles. The number of ether oxygens (including phenoxy) is 2. The van der Waals surface area contributed by atoms with Crippen LogP contribution in [0.4, 0.5) is 0 Å². The number of fused-ring (bicyclic) bond motifs is 3. The summed E-state index contributed by atoms with van der Waals surface area (Å²) in [6.07, 6.45) is 3.19. The average molecular weight is 437 g/mol. The fourth-order valence-electron chi connectivity index (χ4n) is 4.23. The summed E-state index contributed by atoms with van der Waals surface area (Å²) in [5.41, 5.74) is 4.28. The monoisotopic (exact) mass is 436 g/mol. The van der Waals surface area contributed by atoms with Crippen LogP contribution in [0.3, 0.4) is 0 Å². The molecule has 1 aliphatic carbocycles. The number of carbonyl (C=O) groups excluding carboxylic acids is 1. The molecule has 2 bridgehead atoms. The highest BCUT2D eigenvalue weighted by Crippen LogP contribution is 2.28. The molecule has 2 aliphatic rings. The minimum absolute atomic E-state index is 0.000477. The zero-order valence-electron chi connectivity index (χ0n) is 19.4. The van der Waals surface area contributed by atoms with E-state index in [4.69, 9.17) is 9.47 Å². The highest BCUT2D eigenvalue weighted by atomic mass is 16.5. The van der Waals surface area contributed by atoms with E-state index in [1.54, 1.807) is 0 Å². The van der Waals surface area contributed by atoms with Crippen LogP contribution in [0.1, 0.15) is 53.7 Å². The highest BCUT2D eigenvalue weighted by Gasteiger charge is 2.22. The zero-order chi connectivity index (χ0) is 22.3. The van der Waals surface area contributed by atoms with Crippen molar-refractivity contribution in [2.45, 2.75) is 39.7 Å². The number of rotatable bonds is 5. The van der Waals surface area contributed by atoms with Gasteiger partial charge in [-0.25, -0.2) is 0 Å². The maximum atomic E-state index is 12.6. The molecule has 0 radical (unpaired) electrons. The SMILES string of the molecule is CC(C)CN1CCOCCOc2ccc(C(=O)NCC3CC3)cc2Cc2cccc(c2)C1. The summed E-state index contributed by atoms with van der Waals surface area (Å²) >= 11 is 0. The van der Waals surface area contributed by atoms with Crippen LogP contribution in [-0.4, -0.2) is 50.3 Å². The molecule has 5 nitrogen and oxygen atoms in total. The van der Waals surface area contributed by atoms with Crippen LogP contribution in [0.25, 0.3) is 0 Å². The molecule has 1 aliphatic heterocycles. The first-order chi connectivity index (χ1) is 15.6. The third kappa shape index (κ3) is 6.81. The lowest BCUT2D eigenvalue weighted by molar-refractivity contribution is 0.0746. The standard InChI is InChI=1S/C27H36N2O3/c1-20(2)18-29-10-11-31-12-13-32-26-9-8-24(27(30)28-17-21-6-7-21)16-25(26)15-22-4-3-5-23(14-22)19-29/h3-5,8-9,14,16,20-21H,6-7,10-13,15,17-19H2,1-2H3,(H,28,30). The second kappa shape index (κ2) is 11.0. The number of benzene rings is 2. The molecule has 5 heteroatoms. The molecule has 1 saturated carbocycles. The van der Waals surface area contributed by atoms with Gasteiger partial charge < -0.3 is 14.8 Å². The minimum atomic E-state index is 0.000477. The molecule has 0 unspecified atom stereocenters. The van der Waals surface area contributed by atoms with Gasteiger partial charge >= 0.3 is 0 Å². The van der Waals surface area contributed by atoms with Crippen LogP contribution < -0.4 is 10.1 Å². The predicted octanol–water partition coefficient (Wildman–Crippen LogP) is 4.28. The first-order valence-corrected chi connectivity index (χ1v) is 12.0. The summed E-state index contributed by atoms with van der Waals surface area (Å²) < 4.78 is 11.9. The first-order valence-electron chi connectivity index (χ1n) is 12.0. The molecule has 1 N–H and O–H groups in total. The molecule has 4 rings (SSSR count). The lowest BCUT2D eigenvalue weighted by Crippen LogP contribution is -2.31. The van der Waals surface area contributed by atoms with Crippen LogP contribution in [0.2, 0.25) is 0 Å². The fourth-order valence-corrected chi connectivity index (χ4v) is 4.23. The Hall–Kier alpha value is -2.37. The van der Waals surface area contributed by atoms with Gasteiger partial charge in [0.1, 0.15) is 12.4 Å². The van der Waals surface area contributed by atoms with Gasteiger partial charge in [-0.2, -0.15) is 0 Å². The van der Waals surface area contributed by atoms with E-state index in [9.17, 15) is 4.79 Å². The molecule has 1 fully saturated rings. The van der Waals surface area contributed by atoms with E-state index in [0.29, 0.717) is 37.2 Å². The summed E-state index contributed by atoms with van der Waals surface area (Å²) in [5.74, 6) is 2.10. The molecule has 0 aromatic heterocycles. The highest BCUT2D eigenvalue weighted by molar-refractivity contribution is 5.94. The van der Waals surface area contributed by atoms with Gasteiger partial charge in [0, 0.05) is 38.2 Å². The number of carbonyl (C=O) groups is 1. The van der Waals surface area contributed by atoms with Crippen LogP contribution in [0, 0.1) is 11.8 Å². The Bertz CT molecular complexity index is 908. The van der Waals surface area contributed by atoms with Gasteiger partial charge in [0.2, 0.25) is 0 Å². The number of amides is 1. The maximum Gasteiger partial charge on any atom is 0.251 e. The van der Waals surface area contributed by atoms with Crippen molar-refractivity contribution in [1.29, 1.82) is 0 Å². The summed E-state index contributed by atoms with van der Waals surface area (Å²) in [4.78, 5) is 15.1. The summed E-state index contributed by atoms with van der Waals surface area (Å²) in [6.45, 7) is 9.93. The Morgan fingerprint density at radius 3 is 2.75 bits per heavy atom. The lowest BCUT2D eigenvalue weighted by Gasteiger charge is -2.25. The molecular formula is C27H36N2O3. The van der Waals surface area contributed by atoms with Crippen molar-refractivity contribution in [3.05, 3.63) is 64.7 Å². The topological polar surface area (TPSA) is 50.8 Å². The Balaban J connectivity index is 1.55.